The molecule has 0 heterocycles. The van der Waals surface area contributed by atoms with Crippen molar-refractivity contribution < 1.29 is 27.1 Å². The van der Waals surface area contributed by atoms with Crippen LogP contribution < -0.4 is 5.32 Å². The number of alkyl halides is 3. The molecule has 19 heavy (non-hydrogen) atoms. The first kappa shape index (κ1) is 15.3. The van der Waals surface area contributed by atoms with Crippen molar-refractivity contribution in [1.82, 2.24) is 0 Å². The van der Waals surface area contributed by atoms with Crippen molar-refractivity contribution in [1.29, 1.82) is 0 Å². The molecule has 7 heteroatoms. The number of ether oxygens (including phenoxy) is 1. The average molecular weight is 279 g/mol. The number of benzene rings is 1. The Hall–Kier alpha value is -1.79. The minimum atomic E-state index is -4.76. The number of carbonyl (C=O) groups excluding carboxylic acids is 1. The smallest absolute Gasteiger partial charge is 0.419 e. The van der Waals surface area contributed by atoms with Crippen LogP contribution in [0.5, 0.6) is 0 Å². The molecule has 0 aliphatic carbocycles. The van der Waals surface area contributed by atoms with Gasteiger partial charge in [0.05, 0.1) is 19.1 Å². The molecule has 0 radical (unpaired) electrons. The average Bonchev–Trinajstić information content (AvgIpc) is 2.29. The van der Waals surface area contributed by atoms with E-state index in [0.29, 0.717) is 6.07 Å². The van der Waals surface area contributed by atoms with E-state index in [0.717, 1.165) is 6.07 Å². The summed E-state index contributed by atoms with van der Waals surface area (Å²) in [6.45, 7) is 1.60. The molecular weight excluding hydrogens is 266 g/mol. The van der Waals surface area contributed by atoms with Gasteiger partial charge in [-0.3, -0.25) is 4.79 Å². The molecule has 1 atom stereocenters. The fraction of sp³-hybridized carbons (Fsp3) is 0.417. The van der Waals surface area contributed by atoms with Crippen molar-refractivity contribution in [2.24, 2.45) is 0 Å². The molecule has 0 bridgehead atoms. The van der Waals surface area contributed by atoms with Crippen LogP contribution in [0, 0.1) is 5.82 Å². The first-order valence-electron chi connectivity index (χ1n) is 5.44. The first-order valence-corrected chi connectivity index (χ1v) is 5.44. The fourth-order valence-electron chi connectivity index (χ4n) is 1.50. The number of nitrogens with one attached hydrogen (secondary N) is 1. The topological polar surface area (TPSA) is 38.3 Å². The Morgan fingerprint density at radius 3 is 2.58 bits per heavy atom. The SMILES string of the molecule is COC(=O)CC(C)Nc1ccc(F)c(C(F)(F)F)c1. The minimum absolute atomic E-state index is 0.00473. The lowest BCUT2D eigenvalue weighted by Gasteiger charge is -2.16. The van der Waals surface area contributed by atoms with Crippen LogP contribution in [0.3, 0.4) is 0 Å². The summed E-state index contributed by atoms with van der Waals surface area (Å²) in [5.74, 6) is -1.82. The lowest BCUT2D eigenvalue weighted by Crippen LogP contribution is -2.20. The van der Waals surface area contributed by atoms with Gasteiger partial charge >= 0.3 is 12.1 Å². The highest BCUT2D eigenvalue weighted by Gasteiger charge is 2.34. The summed E-state index contributed by atoms with van der Waals surface area (Å²) in [5.41, 5.74) is -1.26. The van der Waals surface area contributed by atoms with Gasteiger partial charge in [0.1, 0.15) is 5.82 Å². The first-order chi connectivity index (χ1) is 8.74. The Morgan fingerprint density at radius 1 is 1.42 bits per heavy atom. The van der Waals surface area contributed by atoms with Crippen molar-refractivity contribution in [2.45, 2.75) is 25.6 Å². The summed E-state index contributed by atoms with van der Waals surface area (Å²) in [6.07, 6.45) is -4.76. The van der Waals surface area contributed by atoms with Gasteiger partial charge < -0.3 is 10.1 Å². The maximum absolute atomic E-state index is 13.0. The van der Waals surface area contributed by atoms with Gasteiger partial charge in [0.15, 0.2) is 0 Å². The largest absolute Gasteiger partial charge is 0.469 e. The van der Waals surface area contributed by atoms with E-state index in [1.165, 1.54) is 13.2 Å². The number of hydrogen-bond acceptors (Lipinski definition) is 3. The number of halogens is 4. The van der Waals surface area contributed by atoms with E-state index in [4.69, 9.17) is 0 Å². The van der Waals surface area contributed by atoms with Gasteiger partial charge in [0.2, 0.25) is 0 Å². The van der Waals surface area contributed by atoms with Crippen molar-refractivity contribution in [3.63, 3.8) is 0 Å². The van der Waals surface area contributed by atoms with Crippen LogP contribution in [0.2, 0.25) is 0 Å². The van der Waals surface area contributed by atoms with Crippen LogP contribution in [0.15, 0.2) is 18.2 Å². The molecule has 106 valence electrons. The third-order valence-electron chi connectivity index (χ3n) is 2.39. The summed E-state index contributed by atoms with van der Waals surface area (Å²) in [6, 6.07) is 2.15. The third-order valence-corrected chi connectivity index (χ3v) is 2.39. The summed E-state index contributed by atoms with van der Waals surface area (Å²) in [5, 5.41) is 2.68. The van der Waals surface area contributed by atoms with E-state index in [9.17, 15) is 22.4 Å². The Labute approximate surface area is 107 Å². The fourth-order valence-corrected chi connectivity index (χ4v) is 1.50. The van der Waals surface area contributed by atoms with Crippen molar-refractivity contribution in [3.05, 3.63) is 29.6 Å². The standard InChI is InChI=1S/C12H13F4NO2/c1-7(5-11(18)19-2)17-8-3-4-10(13)9(6-8)12(14,15)16/h3-4,6-7,17H,5H2,1-2H3. The van der Waals surface area contributed by atoms with Gasteiger partial charge in [-0.05, 0) is 25.1 Å². The van der Waals surface area contributed by atoms with E-state index in [1.807, 2.05) is 0 Å². The number of anilines is 1. The van der Waals surface area contributed by atoms with Crippen molar-refractivity contribution >= 4 is 11.7 Å². The van der Waals surface area contributed by atoms with Crippen LogP contribution >= 0.6 is 0 Å². The molecule has 1 N–H and O–H groups in total. The lowest BCUT2D eigenvalue weighted by atomic mass is 10.1. The normalized spacial score (nSPS) is 12.9. The molecule has 0 aliphatic rings. The summed E-state index contributed by atoms with van der Waals surface area (Å²) >= 11 is 0. The van der Waals surface area contributed by atoms with Crippen LogP contribution in [-0.2, 0) is 15.7 Å². The molecule has 0 aromatic heterocycles. The number of methoxy groups -OCH3 is 1. The molecule has 1 rings (SSSR count). The van der Waals surface area contributed by atoms with Crippen LogP contribution in [-0.4, -0.2) is 19.1 Å². The molecule has 1 unspecified atom stereocenters. The zero-order chi connectivity index (χ0) is 14.6. The van der Waals surface area contributed by atoms with E-state index < -0.39 is 29.6 Å². The zero-order valence-electron chi connectivity index (χ0n) is 10.3. The quantitative estimate of drug-likeness (QED) is 0.679. The third kappa shape index (κ3) is 4.42. The highest BCUT2D eigenvalue weighted by molar-refractivity contribution is 5.70. The second kappa shape index (κ2) is 5.90. The lowest BCUT2D eigenvalue weighted by molar-refractivity contribution is -0.141. The van der Waals surface area contributed by atoms with E-state index in [2.05, 4.69) is 10.1 Å². The predicted molar refractivity (Wildman–Crippen MR) is 61.1 cm³/mol. The molecule has 0 saturated carbocycles. The molecule has 0 aliphatic heterocycles. The molecule has 0 spiro atoms. The second-order valence-electron chi connectivity index (χ2n) is 4.02. The molecule has 0 saturated heterocycles. The Balaban J connectivity index is 2.83. The highest BCUT2D eigenvalue weighted by atomic mass is 19.4. The zero-order valence-corrected chi connectivity index (χ0v) is 10.3. The Kier molecular flexibility index (Phi) is 4.74. The van der Waals surface area contributed by atoms with Gasteiger partial charge in [-0.25, -0.2) is 4.39 Å². The van der Waals surface area contributed by atoms with E-state index in [1.54, 1.807) is 6.92 Å². The Morgan fingerprint density at radius 2 is 2.05 bits per heavy atom. The maximum Gasteiger partial charge on any atom is 0.419 e. The number of hydrogen-bond donors (Lipinski definition) is 1. The number of rotatable bonds is 4. The molecule has 1 aromatic carbocycles. The molecular formula is C12H13F4NO2. The van der Waals surface area contributed by atoms with Crippen molar-refractivity contribution in [3.8, 4) is 0 Å². The van der Waals surface area contributed by atoms with Crippen LogP contribution in [0.25, 0.3) is 0 Å². The summed E-state index contributed by atoms with van der Waals surface area (Å²) in [4.78, 5) is 11.0. The van der Waals surface area contributed by atoms with E-state index >= 15 is 0 Å². The second-order valence-corrected chi connectivity index (χ2v) is 4.02. The molecule has 1 aromatic rings. The molecule has 3 nitrogen and oxygen atoms in total. The van der Waals surface area contributed by atoms with Gasteiger partial charge in [-0.1, -0.05) is 0 Å². The number of carbonyl (C=O) groups is 1. The minimum Gasteiger partial charge on any atom is -0.469 e. The van der Waals surface area contributed by atoms with Crippen molar-refractivity contribution in [2.75, 3.05) is 12.4 Å². The highest BCUT2D eigenvalue weighted by Crippen LogP contribution is 2.33. The maximum atomic E-state index is 13.0. The summed E-state index contributed by atoms with van der Waals surface area (Å²) < 4.78 is 54.9. The van der Waals surface area contributed by atoms with Gasteiger partial charge in [0, 0.05) is 11.7 Å². The van der Waals surface area contributed by atoms with Crippen LogP contribution in [0.1, 0.15) is 18.9 Å². The Bertz CT molecular complexity index is 460. The number of esters is 1. The van der Waals surface area contributed by atoms with Gasteiger partial charge in [-0.15, -0.1) is 0 Å². The molecule has 0 amide bonds. The monoisotopic (exact) mass is 279 g/mol. The summed E-state index contributed by atoms with van der Waals surface area (Å²) in [7, 11) is 1.22. The van der Waals surface area contributed by atoms with Gasteiger partial charge in [-0.2, -0.15) is 13.2 Å². The van der Waals surface area contributed by atoms with Crippen LogP contribution in [0.4, 0.5) is 23.2 Å². The van der Waals surface area contributed by atoms with Gasteiger partial charge in [0.25, 0.3) is 0 Å². The van der Waals surface area contributed by atoms with E-state index in [-0.39, 0.29) is 12.1 Å². The molecule has 0 fully saturated rings. The predicted octanol–water partition coefficient (Wildman–Crippen LogP) is 3.21.